The SMILES string of the molecule is CCNc1cc(C)nc(NCCNC(=O)c2ccc(F)cc2)n1. The lowest BCUT2D eigenvalue weighted by atomic mass is 10.2. The predicted octanol–water partition coefficient (Wildman–Crippen LogP) is 2.20. The van der Waals surface area contributed by atoms with Gasteiger partial charge in [0, 0.05) is 37.0 Å². The molecular formula is C16H20FN5O. The zero-order valence-electron chi connectivity index (χ0n) is 13.2. The predicted molar refractivity (Wildman–Crippen MR) is 88.2 cm³/mol. The van der Waals surface area contributed by atoms with Gasteiger partial charge in [-0.1, -0.05) is 0 Å². The number of carbonyl (C=O) groups excluding carboxylic acids is 1. The summed E-state index contributed by atoms with van der Waals surface area (Å²) in [6, 6.07) is 7.28. The Morgan fingerprint density at radius 3 is 2.57 bits per heavy atom. The fourth-order valence-electron chi connectivity index (χ4n) is 1.97. The highest BCUT2D eigenvalue weighted by molar-refractivity contribution is 5.94. The van der Waals surface area contributed by atoms with Gasteiger partial charge in [0.25, 0.3) is 5.91 Å². The first-order chi connectivity index (χ1) is 11.1. The summed E-state index contributed by atoms with van der Waals surface area (Å²) >= 11 is 0. The van der Waals surface area contributed by atoms with Gasteiger partial charge in [-0.2, -0.15) is 4.98 Å². The molecular weight excluding hydrogens is 297 g/mol. The average Bonchev–Trinajstić information content (AvgIpc) is 2.52. The second kappa shape index (κ2) is 8.07. The average molecular weight is 317 g/mol. The molecule has 3 N–H and O–H groups in total. The minimum absolute atomic E-state index is 0.245. The van der Waals surface area contributed by atoms with Gasteiger partial charge in [0.1, 0.15) is 11.6 Å². The van der Waals surface area contributed by atoms with Gasteiger partial charge in [-0.15, -0.1) is 0 Å². The van der Waals surface area contributed by atoms with Crippen molar-refractivity contribution in [2.45, 2.75) is 13.8 Å². The van der Waals surface area contributed by atoms with Crippen LogP contribution in [-0.4, -0.2) is 35.5 Å². The molecule has 0 saturated carbocycles. The van der Waals surface area contributed by atoms with Crippen molar-refractivity contribution in [3.05, 3.63) is 47.4 Å². The Morgan fingerprint density at radius 1 is 1.13 bits per heavy atom. The Labute approximate surface area is 134 Å². The van der Waals surface area contributed by atoms with Gasteiger partial charge in [-0.3, -0.25) is 4.79 Å². The molecule has 0 spiro atoms. The van der Waals surface area contributed by atoms with Crippen LogP contribution in [-0.2, 0) is 0 Å². The maximum atomic E-state index is 12.8. The molecule has 0 aliphatic rings. The maximum absolute atomic E-state index is 12.8. The van der Waals surface area contributed by atoms with Crippen molar-refractivity contribution in [3.63, 3.8) is 0 Å². The van der Waals surface area contributed by atoms with Crippen LogP contribution in [0.1, 0.15) is 23.0 Å². The van der Waals surface area contributed by atoms with Gasteiger partial charge >= 0.3 is 0 Å². The summed E-state index contributed by atoms with van der Waals surface area (Å²) in [4.78, 5) is 20.5. The molecule has 0 unspecified atom stereocenters. The third-order valence-electron chi connectivity index (χ3n) is 3.01. The van der Waals surface area contributed by atoms with Crippen LogP contribution in [0.15, 0.2) is 30.3 Å². The fourth-order valence-corrected chi connectivity index (χ4v) is 1.97. The summed E-state index contributed by atoms with van der Waals surface area (Å²) in [5.41, 5.74) is 1.28. The number of anilines is 2. The number of aromatic nitrogens is 2. The van der Waals surface area contributed by atoms with Gasteiger partial charge < -0.3 is 16.0 Å². The zero-order valence-corrected chi connectivity index (χ0v) is 13.2. The number of aryl methyl sites for hydroxylation is 1. The molecule has 0 saturated heterocycles. The second-order valence-electron chi connectivity index (χ2n) is 4.94. The van der Waals surface area contributed by atoms with E-state index in [1.807, 2.05) is 19.9 Å². The lowest BCUT2D eigenvalue weighted by Gasteiger charge is -2.09. The van der Waals surface area contributed by atoms with Gasteiger partial charge in [-0.25, -0.2) is 9.37 Å². The van der Waals surface area contributed by atoms with E-state index in [2.05, 4.69) is 25.9 Å². The highest BCUT2D eigenvalue weighted by Gasteiger charge is 2.05. The minimum Gasteiger partial charge on any atom is -0.370 e. The van der Waals surface area contributed by atoms with E-state index >= 15 is 0 Å². The molecule has 1 aromatic heterocycles. The Kier molecular flexibility index (Phi) is 5.85. The monoisotopic (exact) mass is 317 g/mol. The van der Waals surface area contributed by atoms with E-state index in [1.54, 1.807) is 0 Å². The number of amides is 1. The zero-order chi connectivity index (χ0) is 16.7. The highest BCUT2D eigenvalue weighted by Crippen LogP contribution is 2.08. The number of carbonyl (C=O) groups is 1. The number of halogens is 1. The number of nitrogens with one attached hydrogen (secondary N) is 3. The van der Waals surface area contributed by atoms with Crippen LogP contribution in [0, 0.1) is 12.7 Å². The standard InChI is InChI=1S/C16H20FN5O/c1-3-18-14-10-11(2)21-16(22-14)20-9-8-19-15(23)12-4-6-13(17)7-5-12/h4-7,10H,3,8-9H2,1-2H3,(H,19,23)(H2,18,20,21,22). The first-order valence-corrected chi connectivity index (χ1v) is 7.45. The molecule has 6 nitrogen and oxygen atoms in total. The molecule has 1 amide bonds. The van der Waals surface area contributed by atoms with Gasteiger partial charge in [0.05, 0.1) is 0 Å². The Bertz CT molecular complexity index is 660. The molecule has 0 fully saturated rings. The first kappa shape index (κ1) is 16.7. The van der Waals surface area contributed by atoms with E-state index in [4.69, 9.17) is 0 Å². The van der Waals surface area contributed by atoms with Crippen molar-refractivity contribution in [2.24, 2.45) is 0 Å². The number of benzene rings is 1. The molecule has 122 valence electrons. The van der Waals surface area contributed by atoms with Crippen LogP contribution < -0.4 is 16.0 Å². The van der Waals surface area contributed by atoms with E-state index in [-0.39, 0.29) is 11.7 Å². The number of hydrogen-bond acceptors (Lipinski definition) is 5. The molecule has 0 aliphatic carbocycles. The molecule has 1 heterocycles. The van der Waals surface area contributed by atoms with Crippen LogP contribution in [0.2, 0.25) is 0 Å². The van der Waals surface area contributed by atoms with Gasteiger partial charge in [0.15, 0.2) is 0 Å². The molecule has 0 aliphatic heterocycles. The molecule has 1 aromatic carbocycles. The van der Waals surface area contributed by atoms with Crippen LogP contribution >= 0.6 is 0 Å². The third kappa shape index (κ3) is 5.21. The van der Waals surface area contributed by atoms with Crippen molar-refractivity contribution < 1.29 is 9.18 Å². The van der Waals surface area contributed by atoms with Crippen LogP contribution in [0.5, 0.6) is 0 Å². The number of hydrogen-bond donors (Lipinski definition) is 3. The smallest absolute Gasteiger partial charge is 0.251 e. The molecule has 7 heteroatoms. The van der Waals surface area contributed by atoms with Gasteiger partial charge in [-0.05, 0) is 38.1 Å². The molecule has 23 heavy (non-hydrogen) atoms. The quantitative estimate of drug-likeness (QED) is 0.682. The summed E-state index contributed by atoms with van der Waals surface area (Å²) in [6.45, 7) is 5.56. The van der Waals surface area contributed by atoms with Crippen LogP contribution in [0.25, 0.3) is 0 Å². The van der Waals surface area contributed by atoms with Crippen LogP contribution in [0.3, 0.4) is 0 Å². The first-order valence-electron chi connectivity index (χ1n) is 7.45. The summed E-state index contributed by atoms with van der Waals surface area (Å²) in [5, 5.41) is 8.94. The van der Waals surface area contributed by atoms with E-state index in [9.17, 15) is 9.18 Å². The summed E-state index contributed by atoms with van der Waals surface area (Å²) in [7, 11) is 0. The lowest BCUT2D eigenvalue weighted by Crippen LogP contribution is -2.29. The van der Waals surface area contributed by atoms with Crippen molar-refractivity contribution >= 4 is 17.7 Å². The minimum atomic E-state index is -0.365. The number of nitrogens with zero attached hydrogens (tertiary/aromatic N) is 2. The second-order valence-corrected chi connectivity index (χ2v) is 4.94. The highest BCUT2D eigenvalue weighted by atomic mass is 19.1. The normalized spacial score (nSPS) is 10.2. The summed E-state index contributed by atoms with van der Waals surface area (Å²) < 4.78 is 12.8. The Balaban J connectivity index is 1.81. The number of rotatable bonds is 7. The summed E-state index contributed by atoms with van der Waals surface area (Å²) in [5.74, 6) is 0.663. The van der Waals surface area contributed by atoms with Crippen molar-refractivity contribution in [3.8, 4) is 0 Å². The largest absolute Gasteiger partial charge is 0.370 e. The van der Waals surface area contributed by atoms with Crippen molar-refractivity contribution in [1.82, 2.24) is 15.3 Å². The molecule has 2 aromatic rings. The molecule has 0 radical (unpaired) electrons. The Morgan fingerprint density at radius 2 is 1.87 bits per heavy atom. The van der Waals surface area contributed by atoms with Crippen molar-refractivity contribution in [1.29, 1.82) is 0 Å². The van der Waals surface area contributed by atoms with Crippen LogP contribution in [0.4, 0.5) is 16.2 Å². The fraction of sp³-hybridized carbons (Fsp3) is 0.312. The molecule has 2 rings (SSSR count). The third-order valence-corrected chi connectivity index (χ3v) is 3.01. The van der Waals surface area contributed by atoms with E-state index < -0.39 is 0 Å². The molecule has 0 atom stereocenters. The van der Waals surface area contributed by atoms with E-state index in [0.717, 1.165) is 18.1 Å². The van der Waals surface area contributed by atoms with Gasteiger partial charge in [0.2, 0.25) is 5.95 Å². The summed E-state index contributed by atoms with van der Waals surface area (Å²) in [6.07, 6.45) is 0. The topological polar surface area (TPSA) is 78.9 Å². The van der Waals surface area contributed by atoms with E-state index in [0.29, 0.717) is 24.6 Å². The molecule has 0 bridgehead atoms. The van der Waals surface area contributed by atoms with E-state index in [1.165, 1.54) is 24.3 Å². The maximum Gasteiger partial charge on any atom is 0.251 e. The van der Waals surface area contributed by atoms with Crippen molar-refractivity contribution in [2.75, 3.05) is 30.3 Å². The Hall–Kier alpha value is -2.70. The lowest BCUT2D eigenvalue weighted by molar-refractivity contribution is 0.0955.